The highest BCUT2D eigenvalue weighted by Crippen LogP contribution is 2.23. The number of rotatable bonds is 8. The van der Waals surface area contributed by atoms with E-state index in [1.165, 1.54) is 50.7 Å². The first-order valence-electron chi connectivity index (χ1n) is 9.48. The molecule has 0 aliphatic carbocycles. The molecule has 0 aliphatic rings. The van der Waals surface area contributed by atoms with Gasteiger partial charge in [0.1, 0.15) is 5.75 Å². The van der Waals surface area contributed by atoms with E-state index in [1.807, 2.05) is 13.8 Å². The zero-order chi connectivity index (χ0) is 20.4. The fraction of sp³-hybridized carbons (Fsp3) is 0.650. The first kappa shape index (κ1) is 26.5. The van der Waals surface area contributed by atoms with Crippen molar-refractivity contribution in [3.05, 3.63) is 29.8 Å². The Bertz CT molecular complexity index is 457. The summed E-state index contributed by atoms with van der Waals surface area (Å²) in [6, 6.07) is 4.91. The average molecular weight is 377 g/mol. The van der Waals surface area contributed by atoms with Gasteiger partial charge in [0, 0.05) is 12.1 Å². The molecule has 0 unspecified atom stereocenters. The number of benzene rings is 1. The molecule has 0 radical (unpaired) electrons. The van der Waals surface area contributed by atoms with Gasteiger partial charge in [-0.25, -0.2) is 0 Å². The second kappa shape index (κ2) is 16.7. The van der Waals surface area contributed by atoms with Gasteiger partial charge in [-0.05, 0) is 25.1 Å². The second-order valence-corrected chi connectivity index (χ2v) is 5.35. The van der Waals surface area contributed by atoms with E-state index >= 15 is 0 Å². The highest BCUT2D eigenvalue weighted by atomic mass is 19.4. The Morgan fingerprint density at radius 3 is 1.96 bits per heavy atom. The lowest BCUT2D eigenvalue weighted by Crippen LogP contribution is -2.23. The van der Waals surface area contributed by atoms with Crippen LogP contribution in [0, 0.1) is 0 Å². The molecule has 0 fully saturated rings. The lowest BCUT2D eigenvalue weighted by Gasteiger charge is -2.09. The summed E-state index contributed by atoms with van der Waals surface area (Å²) in [5.74, 6) is -0.841. The molecule has 0 aliphatic heterocycles. The van der Waals surface area contributed by atoms with Crippen molar-refractivity contribution in [2.24, 2.45) is 0 Å². The van der Waals surface area contributed by atoms with Crippen molar-refractivity contribution < 1.29 is 22.7 Å². The Morgan fingerprint density at radius 2 is 1.54 bits per heavy atom. The summed E-state index contributed by atoms with van der Waals surface area (Å²) in [7, 11) is 0. The van der Waals surface area contributed by atoms with Gasteiger partial charge in [0.15, 0.2) is 0 Å². The van der Waals surface area contributed by atoms with Gasteiger partial charge < -0.3 is 10.1 Å². The molecule has 3 nitrogen and oxygen atoms in total. The molecule has 0 atom stereocenters. The SMILES string of the molecule is CC.CCCCCCCC.CCNC(=O)c1cccc(OC(F)(F)F)c1. The summed E-state index contributed by atoms with van der Waals surface area (Å²) in [4.78, 5) is 11.3. The number of unbranched alkanes of at least 4 members (excludes halogenated alkanes) is 5. The van der Waals surface area contributed by atoms with Gasteiger partial charge in [0.05, 0.1) is 0 Å². The summed E-state index contributed by atoms with van der Waals surface area (Å²) >= 11 is 0. The quantitative estimate of drug-likeness (QED) is 0.510. The fourth-order valence-electron chi connectivity index (χ4n) is 1.95. The number of carbonyl (C=O) groups excluding carboxylic acids is 1. The number of carbonyl (C=O) groups is 1. The highest BCUT2D eigenvalue weighted by molar-refractivity contribution is 5.94. The zero-order valence-corrected chi connectivity index (χ0v) is 16.7. The van der Waals surface area contributed by atoms with E-state index in [1.54, 1.807) is 6.92 Å². The molecule has 0 bridgehead atoms. The Morgan fingerprint density at radius 1 is 1.00 bits per heavy atom. The third-order valence-corrected chi connectivity index (χ3v) is 3.12. The van der Waals surface area contributed by atoms with Crippen molar-refractivity contribution in [1.82, 2.24) is 5.32 Å². The molecule has 0 heterocycles. The largest absolute Gasteiger partial charge is 0.573 e. The molecule has 1 aromatic carbocycles. The molecule has 1 amide bonds. The highest BCUT2D eigenvalue weighted by Gasteiger charge is 2.31. The number of halogens is 3. The summed E-state index contributed by atoms with van der Waals surface area (Å²) in [6.07, 6.45) is 3.74. The number of nitrogens with one attached hydrogen (secondary N) is 1. The van der Waals surface area contributed by atoms with Crippen LogP contribution in [0.25, 0.3) is 0 Å². The van der Waals surface area contributed by atoms with Crippen LogP contribution < -0.4 is 10.1 Å². The second-order valence-electron chi connectivity index (χ2n) is 5.35. The van der Waals surface area contributed by atoms with E-state index in [0.717, 1.165) is 12.1 Å². The predicted octanol–water partition coefficient (Wildman–Crippen LogP) is 6.73. The molecule has 26 heavy (non-hydrogen) atoms. The Hall–Kier alpha value is -1.72. The number of alkyl halides is 3. The van der Waals surface area contributed by atoms with E-state index < -0.39 is 18.0 Å². The van der Waals surface area contributed by atoms with Crippen molar-refractivity contribution in [3.8, 4) is 5.75 Å². The van der Waals surface area contributed by atoms with Gasteiger partial charge in [0.2, 0.25) is 0 Å². The van der Waals surface area contributed by atoms with Crippen LogP contribution in [0.1, 0.15) is 83.5 Å². The minimum atomic E-state index is -4.75. The average Bonchev–Trinajstić information content (AvgIpc) is 2.60. The number of hydrogen-bond donors (Lipinski definition) is 1. The summed E-state index contributed by atoms with van der Waals surface area (Å²) in [5, 5.41) is 2.48. The minimum absolute atomic E-state index is 0.128. The third-order valence-electron chi connectivity index (χ3n) is 3.12. The maximum Gasteiger partial charge on any atom is 0.573 e. The Labute approximate surface area is 156 Å². The number of hydrogen-bond acceptors (Lipinski definition) is 2. The van der Waals surface area contributed by atoms with E-state index in [0.29, 0.717) is 6.54 Å². The Kier molecular flexibility index (Phi) is 17.1. The summed E-state index contributed by atoms with van der Waals surface area (Å²) in [5.41, 5.74) is 0.128. The maximum atomic E-state index is 11.9. The van der Waals surface area contributed by atoms with Gasteiger partial charge >= 0.3 is 6.36 Å². The van der Waals surface area contributed by atoms with Crippen LogP contribution in [0.4, 0.5) is 13.2 Å². The normalized spacial score (nSPS) is 10.0. The molecule has 6 heteroatoms. The van der Waals surface area contributed by atoms with Crippen molar-refractivity contribution in [2.75, 3.05) is 6.54 Å². The summed E-state index contributed by atoms with van der Waals surface area (Å²) < 4.78 is 39.4. The van der Waals surface area contributed by atoms with Crippen molar-refractivity contribution in [3.63, 3.8) is 0 Å². The van der Waals surface area contributed by atoms with E-state index in [9.17, 15) is 18.0 Å². The van der Waals surface area contributed by atoms with Crippen LogP contribution in [0.3, 0.4) is 0 Å². The van der Waals surface area contributed by atoms with E-state index in [2.05, 4.69) is 23.9 Å². The van der Waals surface area contributed by atoms with Crippen LogP contribution in [-0.2, 0) is 0 Å². The minimum Gasteiger partial charge on any atom is -0.406 e. The molecule has 152 valence electrons. The van der Waals surface area contributed by atoms with Gasteiger partial charge in [0.25, 0.3) is 5.91 Å². The standard InChI is InChI=1S/C10H10F3NO2.C8H18.C2H6/c1-2-14-9(15)7-4-3-5-8(6-7)16-10(11,12)13;1-3-5-7-8-6-4-2;1-2/h3-6H,2H2,1H3,(H,14,15);3-8H2,1-2H3;1-2H3. The maximum absolute atomic E-state index is 11.9. The van der Waals surface area contributed by atoms with Gasteiger partial charge in [-0.3, -0.25) is 4.79 Å². The van der Waals surface area contributed by atoms with Crippen LogP contribution in [0.15, 0.2) is 24.3 Å². The number of amides is 1. The van der Waals surface area contributed by atoms with Crippen molar-refractivity contribution in [1.29, 1.82) is 0 Å². The molecule has 1 aromatic rings. The van der Waals surface area contributed by atoms with Crippen molar-refractivity contribution >= 4 is 5.91 Å². The van der Waals surface area contributed by atoms with Crippen LogP contribution in [0.2, 0.25) is 0 Å². The molecule has 0 aromatic heterocycles. The topological polar surface area (TPSA) is 38.3 Å². The fourth-order valence-corrected chi connectivity index (χ4v) is 1.95. The molecular weight excluding hydrogens is 343 g/mol. The smallest absolute Gasteiger partial charge is 0.406 e. The lowest BCUT2D eigenvalue weighted by atomic mass is 10.1. The third kappa shape index (κ3) is 15.8. The Balaban J connectivity index is 0. The lowest BCUT2D eigenvalue weighted by molar-refractivity contribution is -0.274. The van der Waals surface area contributed by atoms with Crippen molar-refractivity contribution in [2.45, 2.75) is 79.5 Å². The molecule has 0 spiro atoms. The molecule has 0 saturated heterocycles. The first-order valence-corrected chi connectivity index (χ1v) is 9.48. The van der Waals surface area contributed by atoms with Gasteiger partial charge in [-0.2, -0.15) is 0 Å². The zero-order valence-electron chi connectivity index (χ0n) is 16.7. The van der Waals surface area contributed by atoms with Crippen LogP contribution in [-0.4, -0.2) is 18.8 Å². The van der Waals surface area contributed by atoms with Crippen LogP contribution in [0.5, 0.6) is 5.75 Å². The molecular formula is C20H34F3NO2. The van der Waals surface area contributed by atoms with E-state index in [4.69, 9.17) is 0 Å². The van der Waals surface area contributed by atoms with E-state index in [-0.39, 0.29) is 5.56 Å². The monoisotopic (exact) mass is 377 g/mol. The predicted molar refractivity (Wildman–Crippen MR) is 102 cm³/mol. The molecule has 1 N–H and O–H groups in total. The molecule has 0 saturated carbocycles. The van der Waals surface area contributed by atoms with Gasteiger partial charge in [-0.1, -0.05) is 72.3 Å². The summed E-state index contributed by atoms with van der Waals surface area (Å²) in [6.45, 7) is 10.6. The van der Waals surface area contributed by atoms with Crippen LogP contribution >= 0.6 is 0 Å². The van der Waals surface area contributed by atoms with Gasteiger partial charge in [-0.15, -0.1) is 13.2 Å². The number of ether oxygens (including phenoxy) is 1. The molecule has 1 rings (SSSR count). The first-order chi connectivity index (χ1) is 12.3.